The third-order valence-electron chi connectivity index (χ3n) is 4.10. The van der Waals surface area contributed by atoms with E-state index >= 15 is 0 Å². The van der Waals surface area contributed by atoms with Crippen molar-refractivity contribution >= 4 is 0 Å². The van der Waals surface area contributed by atoms with Gasteiger partial charge in [-0.3, -0.25) is 0 Å². The molecule has 0 amide bonds. The molecular weight excluding hydrogens is 168 g/mol. The second-order valence-corrected chi connectivity index (χ2v) is 4.95. The highest BCUT2D eigenvalue weighted by Crippen LogP contribution is 2.59. The van der Waals surface area contributed by atoms with Crippen LogP contribution in [-0.2, 0) is 0 Å². The molecular formula is C14H22. The van der Waals surface area contributed by atoms with Crippen LogP contribution in [0.3, 0.4) is 0 Å². The van der Waals surface area contributed by atoms with Crippen molar-refractivity contribution in [3.63, 3.8) is 0 Å². The predicted molar refractivity (Wildman–Crippen MR) is 60.9 cm³/mol. The third kappa shape index (κ3) is 2.32. The fraction of sp³-hybridized carbons (Fsp3) is 0.857. The molecule has 0 bridgehead atoms. The van der Waals surface area contributed by atoms with Crippen molar-refractivity contribution in [1.29, 1.82) is 0 Å². The van der Waals surface area contributed by atoms with Gasteiger partial charge in [0.2, 0.25) is 0 Å². The summed E-state index contributed by atoms with van der Waals surface area (Å²) in [5.74, 6) is 9.60. The van der Waals surface area contributed by atoms with Gasteiger partial charge in [-0.2, -0.15) is 0 Å². The van der Waals surface area contributed by atoms with Crippen LogP contribution >= 0.6 is 0 Å². The van der Waals surface area contributed by atoms with Crippen molar-refractivity contribution < 1.29 is 0 Å². The molecule has 2 aliphatic carbocycles. The van der Waals surface area contributed by atoms with E-state index in [4.69, 9.17) is 0 Å². The van der Waals surface area contributed by atoms with Crippen molar-refractivity contribution in [2.24, 2.45) is 17.8 Å². The maximum Gasteiger partial charge on any atom is 0.00885 e. The molecule has 0 aliphatic heterocycles. The summed E-state index contributed by atoms with van der Waals surface area (Å²) < 4.78 is 0. The normalized spacial score (nSPS) is 33.4. The zero-order valence-electron chi connectivity index (χ0n) is 9.39. The zero-order chi connectivity index (χ0) is 9.80. The molecule has 0 nitrogen and oxygen atoms in total. The van der Waals surface area contributed by atoms with Crippen LogP contribution < -0.4 is 0 Å². The first-order chi connectivity index (χ1) is 6.93. The zero-order valence-corrected chi connectivity index (χ0v) is 9.39. The largest absolute Gasteiger partial charge is 0.107 e. The van der Waals surface area contributed by atoms with Gasteiger partial charge in [-0.05, 0) is 50.4 Å². The summed E-state index contributed by atoms with van der Waals surface area (Å²) in [6.45, 7) is 1.94. The van der Waals surface area contributed by atoms with E-state index in [-0.39, 0.29) is 0 Å². The van der Waals surface area contributed by atoms with E-state index in [0.29, 0.717) is 0 Å². The van der Waals surface area contributed by atoms with Gasteiger partial charge in [-0.15, -0.1) is 11.8 Å². The fourth-order valence-electron chi connectivity index (χ4n) is 3.29. The Morgan fingerprint density at radius 2 is 1.86 bits per heavy atom. The molecule has 2 aliphatic rings. The maximum absolute atomic E-state index is 3.14. The van der Waals surface area contributed by atoms with E-state index < -0.39 is 0 Å². The summed E-state index contributed by atoms with van der Waals surface area (Å²) in [6, 6.07) is 0. The number of hydrogen-bond acceptors (Lipinski definition) is 0. The van der Waals surface area contributed by atoms with Crippen LogP contribution in [0.5, 0.6) is 0 Å². The van der Waals surface area contributed by atoms with Crippen LogP contribution in [0.15, 0.2) is 0 Å². The van der Waals surface area contributed by atoms with E-state index in [9.17, 15) is 0 Å². The van der Waals surface area contributed by atoms with Crippen molar-refractivity contribution in [3.8, 4) is 11.8 Å². The number of unbranched alkanes of at least 4 members (excludes halogenated alkanes) is 3. The first kappa shape index (κ1) is 10.1. The summed E-state index contributed by atoms with van der Waals surface area (Å²) >= 11 is 0. The van der Waals surface area contributed by atoms with E-state index in [1.807, 2.05) is 6.92 Å². The lowest BCUT2D eigenvalue weighted by molar-refractivity contribution is 0.516. The molecule has 2 rings (SSSR count). The molecule has 2 atom stereocenters. The van der Waals surface area contributed by atoms with Crippen molar-refractivity contribution in [3.05, 3.63) is 0 Å². The molecule has 2 saturated carbocycles. The minimum Gasteiger partial charge on any atom is -0.107 e. The summed E-state index contributed by atoms with van der Waals surface area (Å²) in [4.78, 5) is 0. The smallest absolute Gasteiger partial charge is 0.00885 e. The number of fused-ring (bicyclic) bond motifs is 1. The van der Waals surface area contributed by atoms with E-state index in [1.165, 1.54) is 43.9 Å². The van der Waals surface area contributed by atoms with Gasteiger partial charge < -0.3 is 0 Å². The SMILES string of the molecule is CC#CCCCCCC1C2CCCC12. The molecule has 0 radical (unpaired) electrons. The van der Waals surface area contributed by atoms with Crippen molar-refractivity contribution in [1.82, 2.24) is 0 Å². The highest BCUT2D eigenvalue weighted by Gasteiger charge is 2.51. The predicted octanol–water partition coefficient (Wildman–Crippen LogP) is 4.01. The standard InChI is InChI=1S/C14H22/c1-2-3-4-5-6-7-9-12-13-10-8-11-14(12)13/h12-14H,4-11H2,1H3. The second kappa shape index (κ2) is 4.87. The lowest BCUT2D eigenvalue weighted by Crippen LogP contribution is -1.88. The molecule has 0 heteroatoms. The molecule has 0 heterocycles. The fourth-order valence-corrected chi connectivity index (χ4v) is 3.29. The topological polar surface area (TPSA) is 0 Å². The lowest BCUT2D eigenvalue weighted by atomic mass is 10.0. The van der Waals surface area contributed by atoms with Gasteiger partial charge in [0.1, 0.15) is 0 Å². The monoisotopic (exact) mass is 190 g/mol. The van der Waals surface area contributed by atoms with Gasteiger partial charge in [0.05, 0.1) is 0 Å². The summed E-state index contributed by atoms with van der Waals surface area (Å²) in [6.07, 6.45) is 11.5. The lowest BCUT2D eigenvalue weighted by Gasteiger charge is -2.01. The highest BCUT2D eigenvalue weighted by molar-refractivity contribution is 5.00. The van der Waals surface area contributed by atoms with Crippen molar-refractivity contribution in [2.75, 3.05) is 0 Å². The van der Waals surface area contributed by atoms with Gasteiger partial charge in [0.25, 0.3) is 0 Å². The van der Waals surface area contributed by atoms with Crippen LogP contribution in [0.1, 0.15) is 58.3 Å². The van der Waals surface area contributed by atoms with E-state index in [2.05, 4.69) is 11.8 Å². The van der Waals surface area contributed by atoms with Gasteiger partial charge in [0, 0.05) is 6.42 Å². The Balaban J connectivity index is 1.46. The molecule has 14 heavy (non-hydrogen) atoms. The maximum atomic E-state index is 3.14. The Morgan fingerprint density at radius 1 is 1.07 bits per heavy atom. The minimum absolute atomic E-state index is 1.12. The van der Waals surface area contributed by atoms with Crippen LogP contribution in [0.4, 0.5) is 0 Å². The molecule has 0 saturated heterocycles. The summed E-state index contributed by atoms with van der Waals surface area (Å²) in [5, 5.41) is 0. The summed E-state index contributed by atoms with van der Waals surface area (Å²) in [5.41, 5.74) is 0. The average Bonchev–Trinajstić information content (AvgIpc) is 2.64. The first-order valence-corrected chi connectivity index (χ1v) is 6.33. The molecule has 0 aromatic carbocycles. The Labute approximate surface area is 88.5 Å². The Morgan fingerprint density at radius 3 is 2.57 bits per heavy atom. The first-order valence-electron chi connectivity index (χ1n) is 6.33. The molecule has 0 N–H and O–H groups in total. The Kier molecular flexibility index (Phi) is 3.51. The molecule has 0 aromatic heterocycles. The quantitative estimate of drug-likeness (QED) is 0.454. The van der Waals surface area contributed by atoms with E-state index in [1.54, 1.807) is 12.8 Å². The molecule has 0 spiro atoms. The van der Waals surface area contributed by atoms with Crippen molar-refractivity contribution in [2.45, 2.75) is 58.3 Å². The van der Waals surface area contributed by atoms with Gasteiger partial charge in [0.15, 0.2) is 0 Å². The Bertz CT molecular complexity index is 220. The summed E-state index contributed by atoms with van der Waals surface area (Å²) in [7, 11) is 0. The number of hydrogen-bond donors (Lipinski definition) is 0. The highest BCUT2D eigenvalue weighted by atomic mass is 14.6. The molecule has 78 valence electrons. The molecule has 0 aromatic rings. The van der Waals surface area contributed by atoms with E-state index in [0.717, 1.165) is 12.3 Å². The second-order valence-electron chi connectivity index (χ2n) is 4.95. The third-order valence-corrected chi connectivity index (χ3v) is 4.10. The molecule has 2 unspecified atom stereocenters. The number of rotatable bonds is 5. The van der Waals surface area contributed by atoms with Gasteiger partial charge >= 0.3 is 0 Å². The average molecular weight is 190 g/mol. The van der Waals surface area contributed by atoms with Crippen LogP contribution in [0.25, 0.3) is 0 Å². The molecule has 2 fully saturated rings. The van der Waals surface area contributed by atoms with Gasteiger partial charge in [-0.1, -0.05) is 19.3 Å². The van der Waals surface area contributed by atoms with Crippen LogP contribution in [0, 0.1) is 29.6 Å². The Hall–Kier alpha value is -0.440. The van der Waals surface area contributed by atoms with Crippen LogP contribution in [0.2, 0.25) is 0 Å². The van der Waals surface area contributed by atoms with Gasteiger partial charge in [-0.25, -0.2) is 0 Å². The van der Waals surface area contributed by atoms with Crippen LogP contribution in [-0.4, -0.2) is 0 Å². The minimum atomic E-state index is 1.12.